The molecule has 4 nitrogen and oxygen atoms in total. The van der Waals surface area contributed by atoms with Crippen molar-refractivity contribution in [3.63, 3.8) is 0 Å². The molecular weight excluding hydrogens is 376 g/mol. The van der Waals surface area contributed by atoms with E-state index < -0.39 is 5.97 Å². The number of rotatable bonds is 24. The van der Waals surface area contributed by atoms with Gasteiger partial charge in [-0.2, -0.15) is 0 Å². The van der Waals surface area contributed by atoms with Gasteiger partial charge in [-0.05, 0) is 19.3 Å². The lowest BCUT2D eigenvalue weighted by Gasteiger charge is -2.05. The molecule has 0 aromatic carbocycles. The lowest BCUT2D eigenvalue weighted by molar-refractivity contribution is -0.144. The van der Waals surface area contributed by atoms with Gasteiger partial charge in [-0.1, -0.05) is 116 Å². The van der Waals surface area contributed by atoms with Crippen molar-refractivity contribution in [1.82, 2.24) is 0 Å². The minimum Gasteiger partial charge on any atom is -0.481 e. The smallest absolute Gasteiger partial charge is 0.305 e. The average Bonchev–Trinajstić information content (AvgIpc) is 2.72. The molecule has 30 heavy (non-hydrogen) atoms. The van der Waals surface area contributed by atoms with Crippen LogP contribution in [0.25, 0.3) is 0 Å². The van der Waals surface area contributed by atoms with Crippen LogP contribution in [0.2, 0.25) is 0 Å². The topological polar surface area (TPSA) is 63.6 Å². The Balaban J connectivity index is 3.15. The molecule has 0 bridgehead atoms. The van der Waals surface area contributed by atoms with Gasteiger partial charge in [0.2, 0.25) is 0 Å². The summed E-state index contributed by atoms with van der Waals surface area (Å²) in [4.78, 5) is 22.1. The first-order valence-electron chi connectivity index (χ1n) is 13.0. The lowest BCUT2D eigenvalue weighted by atomic mass is 10.0. The number of aliphatic carboxylic acids is 1. The molecule has 0 rings (SSSR count). The maximum absolute atomic E-state index is 11.7. The quantitative estimate of drug-likeness (QED) is 0.125. The van der Waals surface area contributed by atoms with Crippen LogP contribution in [0.15, 0.2) is 0 Å². The minimum atomic E-state index is -0.712. The van der Waals surface area contributed by atoms with Crippen LogP contribution in [0.5, 0.6) is 0 Å². The molecule has 1 N–H and O–H groups in total. The number of ether oxygens (including phenoxy) is 1. The summed E-state index contributed by atoms with van der Waals surface area (Å²) in [7, 11) is 0. The van der Waals surface area contributed by atoms with Crippen LogP contribution in [-0.4, -0.2) is 23.7 Å². The molecule has 0 saturated carbocycles. The van der Waals surface area contributed by atoms with Gasteiger partial charge in [0.15, 0.2) is 0 Å². The van der Waals surface area contributed by atoms with Crippen molar-refractivity contribution in [2.45, 2.75) is 148 Å². The number of carbonyl (C=O) groups is 2. The Morgan fingerprint density at radius 2 is 0.900 bits per heavy atom. The first-order valence-corrected chi connectivity index (χ1v) is 13.0. The van der Waals surface area contributed by atoms with Crippen molar-refractivity contribution < 1.29 is 19.4 Å². The fourth-order valence-corrected chi connectivity index (χ4v) is 3.81. The van der Waals surface area contributed by atoms with E-state index in [-0.39, 0.29) is 12.4 Å². The fourth-order valence-electron chi connectivity index (χ4n) is 3.81. The van der Waals surface area contributed by atoms with Gasteiger partial charge in [-0.25, -0.2) is 0 Å². The standard InChI is InChI=1S/C26H50O4/c1-2-3-4-5-6-7-8-9-10-11-12-15-18-21-24-30-26(29)23-20-17-14-13-16-19-22-25(27)28/h2-24H2,1H3,(H,27,28). The second-order valence-electron chi connectivity index (χ2n) is 8.83. The molecule has 0 unspecified atom stereocenters. The van der Waals surface area contributed by atoms with Crippen LogP contribution < -0.4 is 0 Å². The Kier molecular flexibility index (Phi) is 23.4. The highest BCUT2D eigenvalue weighted by Gasteiger charge is 2.03. The van der Waals surface area contributed by atoms with Crippen molar-refractivity contribution in [3.05, 3.63) is 0 Å². The molecule has 0 saturated heterocycles. The second kappa shape index (κ2) is 24.2. The third-order valence-electron chi connectivity index (χ3n) is 5.78. The zero-order valence-electron chi connectivity index (χ0n) is 19.9. The summed E-state index contributed by atoms with van der Waals surface area (Å²) in [5, 5.41) is 8.57. The largest absolute Gasteiger partial charge is 0.481 e. The van der Waals surface area contributed by atoms with Gasteiger partial charge >= 0.3 is 11.9 Å². The molecule has 0 heterocycles. The van der Waals surface area contributed by atoms with Gasteiger partial charge in [0.05, 0.1) is 6.61 Å². The molecule has 0 aromatic rings. The average molecular weight is 427 g/mol. The Morgan fingerprint density at radius 1 is 0.533 bits per heavy atom. The minimum absolute atomic E-state index is 0.0597. The van der Waals surface area contributed by atoms with E-state index >= 15 is 0 Å². The maximum Gasteiger partial charge on any atom is 0.305 e. The van der Waals surface area contributed by atoms with E-state index in [2.05, 4.69) is 6.92 Å². The van der Waals surface area contributed by atoms with Crippen LogP contribution in [0.3, 0.4) is 0 Å². The summed E-state index contributed by atoms with van der Waals surface area (Å²) in [6.07, 6.45) is 25.3. The van der Waals surface area contributed by atoms with Gasteiger partial charge in [0, 0.05) is 12.8 Å². The number of carboxylic acids is 1. The summed E-state index contributed by atoms with van der Waals surface area (Å²) in [5.74, 6) is -0.771. The van der Waals surface area contributed by atoms with E-state index in [1.165, 1.54) is 83.5 Å². The van der Waals surface area contributed by atoms with Gasteiger partial charge in [0.25, 0.3) is 0 Å². The Hall–Kier alpha value is -1.06. The zero-order chi connectivity index (χ0) is 22.1. The summed E-state index contributed by atoms with van der Waals surface area (Å²) in [5.41, 5.74) is 0. The van der Waals surface area contributed by atoms with E-state index in [1.807, 2.05) is 0 Å². The molecule has 0 spiro atoms. The Labute approximate surface area is 186 Å². The second-order valence-corrected chi connectivity index (χ2v) is 8.83. The molecule has 0 amide bonds. The van der Waals surface area contributed by atoms with Crippen LogP contribution in [0.1, 0.15) is 148 Å². The van der Waals surface area contributed by atoms with Crippen molar-refractivity contribution in [3.8, 4) is 0 Å². The van der Waals surface area contributed by atoms with Crippen molar-refractivity contribution in [2.24, 2.45) is 0 Å². The summed E-state index contributed by atoms with van der Waals surface area (Å²) >= 11 is 0. The van der Waals surface area contributed by atoms with Crippen molar-refractivity contribution >= 4 is 11.9 Å². The SMILES string of the molecule is CCCCCCCCCCCCCCCCOC(=O)CCCCCCCCC(=O)O. The molecule has 4 heteroatoms. The Bertz CT molecular complexity index is 381. The van der Waals surface area contributed by atoms with Gasteiger partial charge < -0.3 is 9.84 Å². The molecule has 0 aromatic heterocycles. The number of unbranched alkanes of at least 4 members (excludes halogenated alkanes) is 18. The first-order chi connectivity index (χ1) is 14.7. The normalized spacial score (nSPS) is 11.0. The van der Waals surface area contributed by atoms with E-state index in [4.69, 9.17) is 9.84 Å². The maximum atomic E-state index is 11.7. The van der Waals surface area contributed by atoms with Crippen molar-refractivity contribution in [1.29, 1.82) is 0 Å². The molecule has 0 aliphatic heterocycles. The third kappa shape index (κ3) is 25.0. The summed E-state index contributed by atoms with van der Waals surface area (Å²) in [6, 6.07) is 0. The number of hydrogen-bond acceptors (Lipinski definition) is 3. The van der Waals surface area contributed by atoms with Crippen LogP contribution in [0.4, 0.5) is 0 Å². The fraction of sp³-hybridized carbons (Fsp3) is 0.923. The highest BCUT2D eigenvalue weighted by Crippen LogP contribution is 2.13. The molecule has 0 aliphatic carbocycles. The monoisotopic (exact) mass is 426 g/mol. The van der Waals surface area contributed by atoms with Gasteiger partial charge in [-0.15, -0.1) is 0 Å². The number of carbonyl (C=O) groups excluding carboxylic acids is 1. The van der Waals surface area contributed by atoms with Crippen LogP contribution in [0, 0.1) is 0 Å². The van der Waals surface area contributed by atoms with Crippen LogP contribution >= 0.6 is 0 Å². The molecule has 0 atom stereocenters. The lowest BCUT2D eigenvalue weighted by Crippen LogP contribution is -2.05. The predicted octanol–water partition coefficient (Wildman–Crippen LogP) is 8.22. The summed E-state index contributed by atoms with van der Waals surface area (Å²) < 4.78 is 5.32. The predicted molar refractivity (Wildman–Crippen MR) is 126 cm³/mol. The van der Waals surface area contributed by atoms with E-state index in [9.17, 15) is 9.59 Å². The van der Waals surface area contributed by atoms with E-state index in [0.29, 0.717) is 13.0 Å². The molecule has 0 aliphatic rings. The third-order valence-corrected chi connectivity index (χ3v) is 5.78. The van der Waals surface area contributed by atoms with Gasteiger partial charge in [-0.3, -0.25) is 9.59 Å². The number of hydrogen-bond donors (Lipinski definition) is 1. The molecule has 0 radical (unpaired) electrons. The highest BCUT2D eigenvalue weighted by atomic mass is 16.5. The first kappa shape index (κ1) is 28.9. The number of carboxylic acid groups (broad SMARTS) is 1. The summed E-state index contributed by atoms with van der Waals surface area (Å²) in [6.45, 7) is 2.85. The highest BCUT2D eigenvalue weighted by molar-refractivity contribution is 5.69. The van der Waals surface area contributed by atoms with E-state index in [1.54, 1.807) is 0 Å². The zero-order valence-corrected chi connectivity index (χ0v) is 19.9. The number of esters is 1. The van der Waals surface area contributed by atoms with E-state index in [0.717, 1.165) is 44.9 Å². The molecule has 178 valence electrons. The Morgan fingerprint density at radius 3 is 1.33 bits per heavy atom. The van der Waals surface area contributed by atoms with Crippen molar-refractivity contribution in [2.75, 3.05) is 6.61 Å². The van der Waals surface area contributed by atoms with Crippen LogP contribution in [-0.2, 0) is 14.3 Å². The molecule has 0 fully saturated rings. The molecular formula is C26H50O4. The van der Waals surface area contributed by atoms with Gasteiger partial charge in [0.1, 0.15) is 0 Å².